The van der Waals surface area contributed by atoms with Crippen molar-refractivity contribution in [2.75, 3.05) is 4.72 Å². The van der Waals surface area contributed by atoms with Crippen LogP contribution in [0.4, 0.5) is 5.69 Å². The standard InChI is InChI=1S/C12H9BrClNO3S/c13-9-7-8(5-6-10(9)14)19(17,18)15-11-3-1-2-4-12(11)16/h1-7,15-16H. The van der Waals surface area contributed by atoms with Crippen molar-refractivity contribution < 1.29 is 13.5 Å². The molecule has 0 unspecified atom stereocenters. The Morgan fingerprint density at radius 2 is 1.84 bits per heavy atom. The number of sulfonamides is 1. The van der Waals surface area contributed by atoms with E-state index < -0.39 is 10.0 Å². The van der Waals surface area contributed by atoms with Crippen LogP contribution in [0.1, 0.15) is 0 Å². The lowest BCUT2D eigenvalue weighted by Gasteiger charge is -2.10. The highest BCUT2D eigenvalue weighted by Crippen LogP contribution is 2.28. The van der Waals surface area contributed by atoms with Crippen LogP contribution in [0, 0.1) is 0 Å². The van der Waals surface area contributed by atoms with Crippen molar-refractivity contribution >= 4 is 43.2 Å². The fraction of sp³-hybridized carbons (Fsp3) is 0. The Kier molecular flexibility index (Phi) is 4.03. The van der Waals surface area contributed by atoms with Crippen molar-refractivity contribution in [1.29, 1.82) is 0 Å². The average Bonchev–Trinajstić information content (AvgIpc) is 2.35. The van der Waals surface area contributed by atoms with E-state index >= 15 is 0 Å². The van der Waals surface area contributed by atoms with Crippen molar-refractivity contribution in [2.24, 2.45) is 0 Å². The molecule has 100 valence electrons. The zero-order valence-electron chi connectivity index (χ0n) is 9.47. The molecule has 0 bridgehead atoms. The predicted octanol–water partition coefficient (Wildman–Crippen LogP) is 3.61. The zero-order valence-corrected chi connectivity index (χ0v) is 12.6. The van der Waals surface area contributed by atoms with Gasteiger partial charge in [0, 0.05) is 4.47 Å². The SMILES string of the molecule is O=S(=O)(Nc1ccccc1O)c1ccc(Cl)c(Br)c1. The summed E-state index contributed by atoms with van der Waals surface area (Å²) in [4.78, 5) is 0.0482. The lowest BCUT2D eigenvalue weighted by Crippen LogP contribution is -2.13. The van der Waals surface area contributed by atoms with Gasteiger partial charge in [0.05, 0.1) is 15.6 Å². The molecule has 0 aliphatic heterocycles. The molecule has 0 saturated heterocycles. The number of phenolic OH excluding ortho intramolecular Hbond substituents is 1. The minimum absolute atomic E-state index is 0.0482. The maximum Gasteiger partial charge on any atom is 0.262 e. The van der Waals surface area contributed by atoms with Crippen LogP contribution in [0.2, 0.25) is 5.02 Å². The molecule has 2 N–H and O–H groups in total. The van der Waals surface area contributed by atoms with E-state index in [2.05, 4.69) is 20.7 Å². The van der Waals surface area contributed by atoms with E-state index in [-0.39, 0.29) is 16.3 Å². The molecule has 0 spiro atoms. The van der Waals surface area contributed by atoms with Crippen LogP contribution in [-0.4, -0.2) is 13.5 Å². The van der Waals surface area contributed by atoms with Gasteiger partial charge in [0.25, 0.3) is 10.0 Å². The first-order chi connectivity index (χ1) is 8.90. The Balaban J connectivity index is 2.38. The lowest BCUT2D eigenvalue weighted by atomic mass is 10.3. The second-order valence-electron chi connectivity index (χ2n) is 3.70. The molecular weight excluding hydrogens is 354 g/mol. The third-order valence-electron chi connectivity index (χ3n) is 2.35. The van der Waals surface area contributed by atoms with E-state index in [0.717, 1.165) is 0 Å². The van der Waals surface area contributed by atoms with Gasteiger partial charge in [-0.25, -0.2) is 8.42 Å². The molecule has 0 aliphatic rings. The molecule has 2 aromatic carbocycles. The van der Waals surface area contributed by atoms with E-state index in [4.69, 9.17) is 11.6 Å². The maximum atomic E-state index is 12.1. The predicted molar refractivity (Wildman–Crippen MR) is 78.1 cm³/mol. The second kappa shape index (κ2) is 5.40. The number of hydrogen-bond acceptors (Lipinski definition) is 3. The van der Waals surface area contributed by atoms with E-state index in [1.165, 1.54) is 30.3 Å². The molecule has 0 heterocycles. The van der Waals surface area contributed by atoms with Crippen molar-refractivity contribution in [3.05, 3.63) is 52.0 Å². The molecule has 0 radical (unpaired) electrons. The average molecular weight is 363 g/mol. The number of halogens is 2. The molecule has 2 aromatic rings. The Hall–Kier alpha value is -1.24. The number of hydrogen-bond donors (Lipinski definition) is 2. The topological polar surface area (TPSA) is 66.4 Å². The number of aromatic hydroxyl groups is 1. The van der Waals surface area contributed by atoms with Gasteiger partial charge >= 0.3 is 0 Å². The monoisotopic (exact) mass is 361 g/mol. The summed E-state index contributed by atoms with van der Waals surface area (Å²) in [6, 6.07) is 10.3. The highest BCUT2D eigenvalue weighted by atomic mass is 79.9. The van der Waals surface area contributed by atoms with Crippen LogP contribution in [0.25, 0.3) is 0 Å². The van der Waals surface area contributed by atoms with Crippen LogP contribution in [0.3, 0.4) is 0 Å². The van der Waals surface area contributed by atoms with Gasteiger partial charge in [-0.1, -0.05) is 23.7 Å². The van der Waals surface area contributed by atoms with Crippen molar-refractivity contribution in [3.63, 3.8) is 0 Å². The summed E-state index contributed by atoms with van der Waals surface area (Å²) in [5, 5.41) is 9.98. The lowest BCUT2D eigenvalue weighted by molar-refractivity contribution is 0.477. The van der Waals surface area contributed by atoms with Gasteiger partial charge in [-0.2, -0.15) is 0 Å². The summed E-state index contributed by atoms with van der Waals surface area (Å²) in [6.07, 6.45) is 0. The number of phenols is 1. The van der Waals surface area contributed by atoms with Crippen LogP contribution in [0.5, 0.6) is 5.75 Å². The van der Waals surface area contributed by atoms with Crippen molar-refractivity contribution in [2.45, 2.75) is 4.90 Å². The van der Waals surface area contributed by atoms with Crippen molar-refractivity contribution in [3.8, 4) is 5.75 Å². The summed E-state index contributed by atoms with van der Waals surface area (Å²) >= 11 is 8.98. The van der Waals surface area contributed by atoms with Crippen LogP contribution in [-0.2, 0) is 10.0 Å². The molecular formula is C12H9BrClNO3S. The summed E-state index contributed by atoms with van der Waals surface area (Å²) in [7, 11) is -3.77. The van der Waals surface area contributed by atoms with Gasteiger partial charge in [0.2, 0.25) is 0 Å². The summed E-state index contributed by atoms with van der Waals surface area (Å²) in [5.41, 5.74) is 0.119. The van der Waals surface area contributed by atoms with Gasteiger partial charge in [0.1, 0.15) is 5.75 Å². The Morgan fingerprint density at radius 3 is 2.47 bits per heavy atom. The molecule has 0 fully saturated rings. The molecule has 4 nitrogen and oxygen atoms in total. The minimum atomic E-state index is -3.77. The number of anilines is 1. The normalized spacial score (nSPS) is 11.3. The van der Waals surface area contributed by atoms with Crippen molar-refractivity contribution in [1.82, 2.24) is 0 Å². The third-order valence-corrected chi connectivity index (χ3v) is 4.93. The molecule has 0 amide bonds. The van der Waals surface area contributed by atoms with E-state index in [0.29, 0.717) is 9.50 Å². The molecule has 0 aliphatic carbocycles. The molecule has 19 heavy (non-hydrogen) atoms. The van der Waals surface area contributed by atoms with Gasteiger partial charge in [0.15, 0.2) is 0 Å². The minimum Gasteiger partial charge on any atom is -0.506 e. The molecule has 0 atom stereocenters. The molecule has 0 saturated carbocycles. The number of para-hydroxylation sites is 2. The van der Waals surface area contributed by atoms with Crippen LogP contribution >= 0.6 is 27.5 Å². The second-order valence-corrected chi connectivity index (χ2v) is 6.64. The smallest absolute Gasteiger partial charge is 0.262 e. The fourth-order valence-electron chi connectivity index (χ4n) is 1.41. The van der Waals surface area contributed by atoms with E-state index in [1.54, 1.807) is 12.1 Å². The molecule has 2 rings (SSSR count). The fourth-order valence-corrected chi connectivity index (χ4v) is 3.16. The quantitative estimate of drug-likeness (QED) is 0.820. The maximum absolute atomic E-state index is 12.1. The van der Waals surface area contributed by atoms with E-state index in [1.807, 2.05) is 0 Å². The first-order valence-corrected chi connectivity index (χ1v) is 7.81. The highest BCUT2D eigenvalue weighted by molar-refractivity contribution is 9.10. The number of rotatable bonds is 3. The van der Waals surface area contributed by atoms with Gasteiger partial charge < -0.3 is 5.11 Å². The number of benzene rings is 2. The third kappa shape index (κ3) is 3.20. The Morgan fingerprint density at radius 1 is 1.16 bits per heavy atom. The van der Waals surface area contributed by atoms with Crippen LogP contribution in [0.15, 0.2) is 51.8 Å². The summed E-state index contributed by atoms with van der Waals surface area (Å²) < 4.78 is 27.1. The summed E-state index contributed by atoms with van der Waals surface area (Å²) in [6.45, 7) is 0. The Bertz CT molecular complexity index is 719. The number of nitrogens with one attached hydrogen (secondary N) is 1. The largest absolute Gasteiger partial charge is 0.506 e. The zero-order chi connectivity index (χ0) is 14.0. The highest BCUT2D eigenvalue weighted by Gasteiger charge is 2.16. The molecule has 7 heteroatoms. The van der Waals surface area contributed by atoms with Gasteiger partial charge in [-0.15, -0.1) is 0 Å². The van der Waals surface area contributed by atoms with E-state index in [9.17, 15) is 13.5 Å². The first-order valence-electron chi connectivity index (χ1n) is 5.16. The first kappa shape index (κ1) is 14.2. The Labute approximate surface area is 124 Å². The summed E-state index contributed by atoms with van der Waals surface area (Å²) in [5.74, 6) is -0.140. The molecule has 0 aromatic heterocycles. The van der Waals surface area contributed by atoms with Crippen LogP contribution < -0.4 is 4.72 Å². The van der Waals surface area contributed by atoms with Gasteiger partial charge in [-0.05, 0) is 46.3 Å². The van der Waals surface area contributed by atoms with Gasteiger partial charge in [-0.3, -0.25) is 4.72 Å².